The minimum absolute atomic E-state index is 0.0997. The highest BCUT2D eigenvalue weighted by atomic mass is 16.6. The Balaban J connectivity index is 1.40. The summed E-state index contributed by atoms with van der Waals surface area (Å²) in [6, 6.07) is 15.8. The highest BCUT2D eigenvalue weighted by Crippen LogP contribution is 2.30. The molecule has 2 aromatic carbocycles. The molecular formula is C30H37N5O4. The second-order valence-electron chi connectivity index (χ2n) is 11.1. The van der Waals surface area contributed by atoms with Crippen molar-refractivity contribution in [3.05, 3.63) is 54.1 Å². The number of aryl methyl sites for hydroxylation is 2. The topological polar surface area (TPSA) is 90.6 Å². The third kappa shape index (κ3) is 5.23. The fourth-order valence-corrected chi connectivity index (χ4v) is 5.48. The zero-order chi connectivity index (χ0) is 27.9. The van der Waals surface area contributed by atoms with Crippen molar-refractivity contribution in [2.75, 3.05) is 20.2 Å². The van der Waals surface area contributed by atoms with E-state index in [1.54, 1.807) is 12.0 Å². The van der Waals surface area contributed by atoms with Crippen molar-refractivity contribution in [3.8, 4) is 11.5 Å². The number of likely N-dealkylation sites (tertiary alicyclic amines) is 1. The minimum Gasteiger partial charge on any atom is -0.444 e. The van der Waals surface area contributed by atoms with E-state index in [-0.39, 0.29) is 18.1 Å². The van der Waals surface area contributed by atoms with Gasteiger partial charge in [-0.3, -0.25) is 4.79 Å². The summed E-state index contributed by atoms with van der Waals surface area (Å²) >= 11 is 0. The van der Waals surface area contributed by atoms with E-state index in [4.69, 9.17) is 14.5 Å². The maximum absolute atomic E-state index is 13.6. The Kier molecular flexibility index (Phi) is 7.11. The number of alkyl carbamates (subject to hydrolysis) is 1. The monoisotopic (exact) mass is 531 g/mol. The summed E-state index contributed by atoms with van der Waals surface area (Å²) in [6.45, 7) is 9.28. The molecule has 0 spiro atoms. The number of ether oxygens (including phenoxy) is 2. The van der Waals surface area contributed by atoms with Crippen LogP contribution in [0.2, 0.25) is 0 Å². The molecule has 3 heterocycles. The molecule has 206 valence electrons. The first-order valence-corrected chi connectivity index (χ1v) is 13.5. The lowest BCUT2D eigenvalue weighted by molar-refractivity contribution is 0.00320. The highest BCUT2D eigenvalue weighted by molar-refractivity contribution is 5.98. The summed E-state index contributed by atoms with van der Waals surface area (Å²) < 4.78 is 15.4. The number of hydrogen-bond acceptors (Lipinski definition) is 5. The van der Waals surface area contributed by atoms with Crippen LogP contribution in [0.1, 0.15) is 44.5 Å². The Hall–Kier alpha value is -3.85. The Morgan fingerprint density at radius 1 is 1.10 bits per heavy atom. The number of carbonyl (C=O) groups is 2. The number of para-hydroxylation sites is 1. The van der Waals surface area contributed by atoms with Crippen molar-refractivity contribution in [2.45, 2.75) is 58.4 Å². The van der Waals surface area contributed by atoms with Crippen LogP contribution in [-0.4, -0.2) is 69.0 Å². The Bertz CT molecular complexity index is 1530. The summed E-state index contributed by atoms with van der Waals surface area (Å²) in [4.78, 5) is 32.7. The van der Waals surface area contributed by atoms with Crippen LogP contribution in [0.3, 0.4) is 0 Å². The van der Waals surface area contributed by atoms with E-state index in [9.17, 15) is 9.59 Å². The molecule has 2 amide bonds. The largest absolute Gasteiger partial charge is 0.444 e. The van der Waals surface area contributed by atoms with Gasteiger partial charge in [-0.15, -0.1) is 0 Å². The van der Waals surface area contributed by atoms with Gasteiger partial charge in [-0.2, -0.15) is 0 Å². The predicted molar refractivity (Wildman–Crippen MR) is 152 cm³/mol. The van der Waals surface area contributed by atoms with Gasteiger partial charge in [0.2, 0.25) is 0 Å². The van der Waals surface area contributed by atoms with Crippen LogP contribution in [0, 0.1) is 0 Å². The zero-order valence-electron chi connectivity index (χ0n) is 23.5. The van der Waals surface area contributed by atoms with Crippen LogP contribution in [0.25, 0.3) is 33.5 Å². The van der Waals surface area contributed by atoms with E-state index in [0.29, 0.717) is 25.1 Å². The lowest BCUT2D eigenvalue weighted by Gasteiger charge is -2.38. The first kappa shape index (κ1) is 26.7. The number of hydrogen-bond donors (Lipinski definition) is 1. The first-order chi connectivity index (χ1) is 18.6. The SMILES string of the molecule is CCn1c(-c2nc3cc(C(=O)N4CCC(OC)C(NC(=O)OC(C)(C)C)C4)ccc3n2C)cc2ccccc21. The number of piperidine rings is 1. The quantitative estimate of drug-likeness (QED) is 0.393. The van der Waals surface area contributed by atoms with Crippen molar-refractivity contribution in [1.29, 1.82) is 0 Å². The molecule has 2 unspecified atom stereocenters. The van der Waals surface area contributed by atoms with Gasteiger partial charge in [0.15, 0.2) is 5.82 Å². The second kappa shape index (κ2) is 10.4. The molecular weight excluding hydrogens is 494 g/mol. The molecule has 5 rings (SSSR count). The Morgan fingerprint density at radius 3 is 2.59 bits per heavy atom. The van der Waals surface area contributed by atoms with Gasteiger partial charge in [0.25, 0.3) is 5.91 Å². The maximum atomic E-state index is 13.6. The maximum Gasteiger partial charge on any atom is 0.408 e. The molecule has 1 aliphatic rings. The third-order valence-corrected chi connectivity index (χ3v) is 7.33. The van der Waals surface area contributed by atoms with E-state index in [1.165, 1.54) is 10.9 Å². The molecule has 39 heavy (non-hydrogen) atoms. The number of aromatic nitrogens is 3. The predicted octanol–water partition coefficient (Wildman–Crippen LogP) is 4.97. The third-order valence-electron chi connectivity index (χ3n) is 7.33. The average molecular weight is 532 g/mol. The number of nitrogens with zero attached hydrogens (tertiary/aromatic N) is 4. The molecule has 1 N–H and O–H groups in total. The number of fused-ring (bicyclic) bond motifs is 2. The minimum atomic E-state index is -0.612. The van der Waals surface area contributed by atoms with Gasteiger partial charge in [-0.05, 0) is 64.4 Å². The molecule has 1 fully saturated rings. The van der Waals surface area contributed by atoms with Gasteiger partial charge in [0.1, 0.15) is 5.60 Å². The fraction of sp³-hybridized carbons (Fsp3) is 0.433. The standard InChI is InChI=1S/C30H37N5O4/c1-7-35-23-11-9-8-10-19(23)17-25(35)27-31-21-16-20(12-13-24(21)33(27)5)28(36)34-15-14-26(38-6)22(18-34)32-29(37)39-30(2,3)4/h8-13,16-17,22,26H,7,14-15,18H2,1-6H3,(H,32,37). The molecule has 0 saturated carbocycles. The normalized spacial score (nSPS) is 18.1. The Morgan fingerprint density at radius 2 is 1.87 bits per heavy atom. The van der Waals surface area contributed by atoms with Crippen LogP contribution in [0.5, 0.6) is 0 Å². The molecule has 0 bridgehead atoms. The van der Waals surface area contributed by atoms with E-state index in [1.807, 2.05) is 58.2 Å². The molecule has 2 aromatic heterocycles. The smallest absolute Gasteiger partial charge is 0.408 e. The van der Waals surface area contributed by atoms with Crippen molar-refractivity contribution < 1.29 is 19.1 Å². The first-order valence-electron chi connectivity index (χ1n) is 13.5. The van der Waals surface area contributed by atoms with Gasteiger partial charge >= 0.3 is 6.09 Å². The summed E-state index contributed by atoms with van der Waals surface area (Å²) in [6.07, 6.45) is -0.108. The number of benzene rings is 2. The number of methoxy groups -OCH3 is 1. The molecule has 1 aliphatic heterocycles. The number of rotatable bonds is 5. The van der Waals surface area contributed by atoms with Crippen LogP contribution >= 0.6 is 0 Å². The summed E-state index contributed by atoms with van der Waals surface area (Å²) in [5.41, 5.74) is 3.89. The van der Waals surface area contributed by atoms with Crippen molar-refractivity contribution in [1.82, 2.24) is 24.3 Å². The molecule has 9 nitrogen and oxygen atoms in total. The van der Waals surface area contributed by atoms with E-state index < -0.39 is 11.7 Å². The molecule has 2 atom stereocenters. The second-order valence-corrected chi connectivity index (χ2v) is 11.1. The highest BCUT2D eigenvalue weighted by Gasteiger charge is 2.34. The summed E-state index contributed by atoms with van der Waals surface area (Å²) in [5.74, 6) is 0.757. The number of amides is 2. The number of nitrogens with one attached hydrogen (secondary N) is 1. The molecule has 1 saturated heterocycles. The summed E-state index contributed by atoms with van der Waals surface area (Å²) in [5, 5.41) is 4.07. The number of carbonyl (C=O) groups excluding carboxylic acids is 2. The van der Waals surface area contributed by atoms with Crippen molar-refractivity contribution >= 4 is 33.9 Å². The molecule has 4 aromatic rings. The lowest BCUT2D eigenvalue weighted by atomic mass is 10.0. The van der Waals surface area contributed by atoms with Gasteiger partial charge < -0.3 is 28.8 Å². The van der Waals surface area contributed by atoms with Crippen LogP contribution in [0.4, 0.5) is 4.79 Å². The van der Waals surface area contributed by atoms with Gasteiger partial charge in [-0.25, -0.2) is 9.78 Å². The zero-order valence-corrected chi connectivity index (χ0v) is 23.5. The van der Waals surface area contributed by atoms with E-state index in [0.717, 1.165) is 29.1 Å². The van der Waals surface area contributed by atoms with E-state index >= 15 is 0 Å². The van der Waals surface area contributed by atoms with Gasteiger partial charge in [0, 0.05) is 50.3 Å². The van der Waals surface area contributed by atoms with Crippen LogP contribution in [-0.2, 0) is 23.1 Å². The molecule has 9 heteroatoms. The van der Waals surface area contributed by atoms with E-state index in [2.05, 4.69) is 39.6 Å². The van der Waals surface area contributed by atoms with Crippen LogP contribution in [0.15, 0.2) is 48.5 Å². The Labute approximate surface area is 228 Å². The summed E-state index contributed by atoms with van der Waals surface area (Å²) in [7, 11) is 3.63. The molecule has 0 radical (unpaired) electrons. The van der Waals surface area contributed by atoms with Crippen molar-refractivity contribution in [3.63, 3.8) is 0 Å². The van der Waals surface area contributed by atoms with Crippen molar-refractivity contribution in [2.24, 2.45) is 7.05 Å². The average Bonchev–Trinajstić information content (AvgIpc) is 3.43. The van der Waals surface area contributed by atoms with Gasteiger partial charge in [-0.1, -0.05) is 18.2 Å². The number of imidazole rings is 1. The van der Waals surface area contributed by atoms with Gasteiger partial charge in [0.05, 0.1) is 28.9 Å². The lowest BCUT2D eigenvalue weighted by Crippen LogP contribution is -2.57. The fourth-order valence-electron chi connectivity index (χ4n) is 5.48. The molecule has 0 aliphatic carbocycles. The van der Waals surface area contributed by atoms with Crippen LogP contribution < -0.4 is 5.32 Å².